The summed E-state index contributed by atoms with van der Waals surface area (Å²) in [6, 6.07) is 17.3. The van der Waals surface area contributed by atoms with Gasteiger partial charge in [-0.25, -0.2) is 0 Å². The van der Waals surface area contributed by atoms with E-state index >= 15 is 0 Å². The normalized spacial score (nSPS) is 10.5. The lowest BCUT2D eigenvalue weighted by atomic mass is 10.1. The number of anilines is 1. The third kappa shape index (κ3) is 3.17. The molecule has 106 valence electrons. The van der Waals surface area contributed by atoms with Gasteiger partial charge in [-0.1, -0.05) is 41.9 Å². The molecule has 3 N–H and O–H groups in total. The van der Waals surface area contributed by atoms with Gasteiger partial charge in [0.05, 0.1) is 10.7 Å². The van der Waals surface area contributed by atoms with Gasteiger partial charge in [-0.2, -0.15) is 5.10 Å². The first-order valence-electron chi connectivity index (χ1n) is 6.50. The summed E-state index contributed by atoms with van der Waals surface area (Å²) in [7, 11) is 0. The zero-order valence-corrected chi connectivity index (χ0v) is 12.0. The van der Waals surface area contributed by atoms with Crippen molar-refractivity contribution in [3.8, 4) is 17.0 Å². The van der Waals surface area contributed by atoms with Crippen molar-refractivity contribution in [2.24, 2.45) is 0 Å². The van der Waals surface area contributed by atoms with Crippen molar-refractivity contribution in [2.75, 3.05) is 5.73 Å². The van der Waals surface area contributed by atoms with Gasteiger partial charge in [-0.3, -0.25) is 5.10 Å². The van der Waals surface area contributed by atoms with Crippen LogP contribution in [0.5, 0.6) is 5.75 Å². The summed E-state index contributed by atoms with van der Waals surface area (Å²) in [6.07, 6.45) is 0. The Morgan fingerprint density at radius 3 is 2.57 bits per heavy atom. The molecule has 3 rings (SSSR count). The summed E-state index contributed by atoms with van der Waals surface area (Å²) < 4.78 is 5.74. The summed E-state index contributed by atoms with van der Waals surface area (Å²) in [5.41, 5.74) is 8.43. The summed E-state index contributed by atoms with van der Waals surface area (Å²) >= 11 is 6.26. The minimum atomic E-state index is 0.450. The SMILES string of the molecule is Nc1cc(-c2ccc(OCc3ccccc3)c(Cl)c2)[nH]n1. The zero-order valence-electron chi connectivity index (χ0n) is 11.2. The highest BCUT2D eigenvalue weighted by atomic mass is 35.5. The van der Waals surface area contributed by atoms with Crippen molar-refractivity contribution in [2.45, 2.75) is 6.61 Å². The molecule has 0 saturated carbocycles. The van der Waals surface area contributed by atoms with Gasteiger partial charge < -0.3 is 10.5 Å². The van der Waals surface area contributed by atoms with Crippen molar-refractivity contribution in [1.29, 1.82) is 0 Å². The number of benzene rings is 2. The van der Waals surface area contributed by atoms with E-state index in [1.54, 1.807) is 6.07 Å². The molecule has 0 aliphatic heterocycles. The van der Waals surface area contributed by atoms with Crippen LogP contribution >= 0.6 is 11.6 Å². The van der Waals surface area contributed by atoms with Crippen LogP contribution in [0, 0.1) is 0 Å². The summed E-state index contributed by atoms with van der Waals surface area (Å²) in [5, 5.41) is 7.30. The van der Waals surface area contributed by atoms with E-state index in [0.29, 0.717) is 23.2 Å². The molecule has 1 heterocycles. The van der Waals surface area contributed by atoms with Gasteiger partial charge >= 0.3 is 0 Å². The standard InChI is InChI=1S/C16H14ClN3O/c17-13-8-12(14-9-16(18)20-19-14)6-7-15(13)21-10-11-4-2-1-3-5-11/h1-9H,10H2,(H3,18,19,20). The second-order valence-electron chi connectivity index (χ2n) is 4.63. The fourth-order valence-electron chi connectivity index (χ4n) is 2.01. The molecular weight excluding hydrogens is 286 g/mol. The Balaban J connectivity index is 1.75. The molecular formula is C16H14ClN3O. The summed E-state index contributed by atoms with van der Waals surface area (Å²) in [4.78, 5) is 0. The van der Waals surface area contributed by atoms with Gasteiger partial charge in [0.2, 0.25) is 0 Å². The number of nitrogens with two attached hydrogens (primary N) is 1. The minimum absolute atomic E-state index is 0.450. The summed E-state index contributed by atoms with van der Waals surface area (Å²) in [5.74, 6) is 1.10. The van der Waals surface area contributed by atoms with Crippen LogP contribution in [0.2, 0.25) is 5.02 Å². The highest BCUT2D eigenvalue weighted by molar-refractivity contribution is 6.32. The third-order valence-corrected chi connectivity index (χ3v) is 3.37. The van der Waals surface area contributed by atoms with E-state index in [9.17, 15) is 0 Å². The van der Waals surface area contributed by atoms with E-state index in [-0.39, 0.29) is 0 Å². The summed E-state index contributed by atoms with van der Waals surface area (Å²) in [6.45, 7) is 0.483. The van der Waals surface area contributed by atoms with Crippen LogP contribution in [-0.4, -0.2) is 10.2 Å². The van der Waals surface area contributed by atoms with Crippen LogP contribution in [0.4, 0.5) is 5.82 Å². The van der Waals surface area contributed by atoms with Crippen molar-refractivity contribution >= 4 is 17.4 Å². The molecule has 0 fully saturated rings. The Morgan fingerprint density at radius 1 is 1.10 bits per heavy atom. The molecule has 3 aromatic rings. The predicted octanol–water partition coefficient (Wildman–Crippen LogP) is 3.89. The molecule has 0 bridgehead atoms. The lowest BCUT2D eigenvalue weighted by Gasteiger charge is -2.09. The molecule has 4 nitrogen and oxygen atoms in total. The fraction of sp³-hybridized carbons (Fsp3) is 0.0625. The van der Waals surface area contributed by atoms with Gasteiger partial charge in [-0.15, -0.1) is 0 Å². The third-order valence-electron chi connectivity index (χ3n) is 3.08. The molecule has 2 aromatic carbocycles. The maximum absolute atomic E-state index is 6.26. The number of nitrogens with one attached hydrogen (secondary N) is 1. The van der Waals surface area contributed by atoms with Crippen LogP contribution < -0.4 is 10.5 Å². The number of hydrogen-bond acceptors (Lipinski definition) is 3. The first-order chi connectivity index (χ1) is 10.2. The van der Waals surface area contributed by atoms with E-state index in [0.717, 1.165) is 16.8 Å². The number of H-pyrrole nitrogens is 1. The van der Waals surface area contributed by atoms with Crippen molar-refractivity contribution < 1.29 is 4.74 Å². The molecule has 0 amide bonds. The molecule has 0 aliphatic carbocycles. The van der Waals surface area contributed by atoms with E-state index in [4.69, 9.17) is 22.1 Å². The van der Waals surface area contributed by atoms with E-state index < -0.39 is 0 Å². The topological polar surface area (TPSA) is 63.9 Å². The van der Waals surface area contributed by atoms with Crippen LogP contribution in [0.1, 0.15) is 5.56 Å². The van der Waals surface area contributed by atoms with Gasteiger partial charge in [0.15, 0.2) is 0 Å². The Hall–Kier alpha value is -2.46. The molecule has 0 saturated heterocycles. The molecule has 0 radical (unpaired) electrons. The van der Waals surface area contributed by atoms with Crippen LogP contribution in [-0.2, 0) is 6.61 Å². The van der Waals surface area contributed by atoms with Gasteiger partial charge in [0.1, 0.15) is 18.2 Å². The average molecular weight is 300 g/mol. The lowest BCUT2D eigenvalue weighted by Crippen LogP contribution is -1.95. The first-order valence-corrected chi connectivity index (χ1v) is 6.88. The monoisotopic (exact) mass is 299 g/mol. The van der Waals surface area contributed by atoms with E-state index in [1.165, 1.54) is 0 Å². The predicted molar refractivity (Wildman–Crippen MR) is 84.2 cm³/mol. The Bertz CT molecular complexity index is 740. The van der Waals surface area contributed by atoms with Crippen molar-refractivity contribution in [1.82, 2.24) is 10.2 Å². The number of nitrogen functional groups attached to an aromatic ring is 1. The Morgan fingerprint density at radius 2 is 1.90 bits per heavy atom. The number of nitrogens with zero attached hydrogens (tertiary/aromatic N) is 1. The maximum Gasteiger partial charge on any atom is 0.145 e. The van der Waals surface area contributed by atoms with Crippen LogP contribution in [0.15, 0.2) is 54.6 Å². The van der Waals surface area contributed by atoms with Crippen LogP contribution in [0.3, 0.4) is 0 Å². The first kappa shape index (κ1) is 13.5. The van der Waals surface area contributed by atoms with E-state index in [2.05, 4.69) is 10.2 Å². The van der Waals surface area contributed by atoms with Crippen molar-refractivity contribution in [3.63, 3.8) is 0 Å². The highest BCUT2D eigenvalue weighted by Crippen LogP contribution is 2.30. The number of rotatable bonds is 4. The molecule has 0 unspecified atom stereocenters. The van der Waals surface area contributed by atoms with Crippen molar-refractivity contribution in [3.05, 3.63) is 65.2 Å². The molecule has 0 atom stereocenters. The van der Waals surface area contributed by atoms with Gasteiger partial charge in [0, 0.05) is 11.6 Å². The smallest absolute Gasteiger partial charge is 0.145 e. The quantitative estimate of drug-likeness (QED) is 0.768. The molecule has 0 aliphatic rings. The second-order valence-corrected chi connectivity index (χ2v) is 5.03. The van der Waals surface area contributed by atoms with Gasteiger partial charge in [-0.05, 0) is 23.8 Å². The molecule has 5 heteroatoms. The average Bonchev–Trinajstić information content (AvgIpc) is 2.93. The number of ether oxygens (including phenoxy) is 1. The lowest BCUT2D eigenvalue weighted by molar-refractivity contribution is 0.306. The Labute approximate surface area is 127 Å². The number of aromatic nitrogens is 2. The number of halogens is 1. The highest BCUT2D eigenvalue weighted by Gasteiger charge is 2.07. The number of hydrogen-bond donors (Lipinski definition) is 2. The van der Waals surface area contributed by atoms with Gasteiger partial charge in [0.25, 0.3) is 0 Å². The second kappa shape index (κ2) is 5.89. The Kier molecular flexibility index (Phi) is 3.79. The molecule has 1 aromatic heterocycles. The largest absolute Gasteiger partial charge is 0.487 e. The number of aromatic amines is 1. The van der Waals surface area contributed by atoms with Crippen LogP contribution in [0.25, 0.3) is 11.3 Å². The maximum atomic E-state index is 6.26. The molecule has 0 spiro atoms. The fourth-order valence-corrected chi connectivity index (χ4v) is 2.24. The van der Waals surface area contributed by atoms with E-state index in [1.807, 2.05) is 48.5 Å². The minimum Gasteiger partial charge on any atom is -0.487 e. The zero-order chi connectivity index (χ0) is 14.7. The molecule has 21 heavy (non-hydrogen) atoms.